The zero-order valence-corrected chi connectivity index (χ0v) is 10.6. The third-order valence-corrected chi connectivity index (χ3v) is 2.47. The van der Waals surface area contributed by atoms with Gasteiger partial charge in [-0.2, -0.15) is 5.10 Å². The highest BCUT2D eigenvalue weighted by atomic mass is 16.6. The second-order valence-electron chi connectivity index (χ2n) is 3.77. The first kappa shape index (κ1) is 13.5. The van der Waals surface area contributed by atoms with Crippen LogP contribution in [0.4, 0.5) is 11.5 Å². The van der Waals surface area contributed by atoms with Gasteiger partial charge in [0.15, 0.2) is 0 Å². The highest BCUT2D eigenvalue weighted by Crippen LogP contribution is 2.31. The van der Waals surface area contributed by atoms with Gasteiger partial charge in [0.1, 0.15) is 5.82 Å². The van der Waals surface area contributed by atoms with E-state index in [4.69, 9.17) is 4.74 Å². The summed E-state index contributed by atoms with van der Waals surface area (Å²) in [4.78, 5) is 22.5. The average molecular weight is 276 g/mol. The van der Waals surface area contributed by atoms with Crippen molar-refractivity contribution in [2.45, 2.75) is 6.92 Å². The fraction of sp³-hybridized carbons (Fsp3) is 0.167. The van der Waals surface area contributed by atoms with Gasteiger partial charge >= 0.3 is 5.69 Å². The number of hydrogen-bond acceptors (Lipinski definition) is 5. The van der Waals surface area contributed by atoms with Crippen molar-refractivity contribution >= 4 is 17.4 Å². The Kier molecular flexibility index (Phi) is 3.94. The van der Waals surface area contributed by atoms with Gasteiger partial charge in [-0.1, -0.05) is 6.07 Å². The van der Waals surface area contributed by atoms with E-state index in [0.29, 0.717) is 5.82 Å². The number of ether oxygens (including phenoxy) is 1. The molecule has 0 aliphatic heterocycles. The first-order chi connectivity index (χ1) is 9.63. The zero-order chi connectivity index (χ0) is 14.5. The van der Waals surface area contributed by atoms with Gasteiger partial charge in [-0.15, -0.1) is 0 Å². The van der Waals surface area contributed by atoms with E-state index >= 15 is 0 Å². The van der Waals surface area contributed by atoms with Crippen molar-refractivity contribution in [3.63, 3.8) is 0 Å². The van der Waals surface area contributed by atoms with E-state index in [-0.39, 0.29) is 23.6 Å². The van der Waals surface area contributed by atoms with Crippen molar-refractivity contribution in [2.24, 2.45) is 0 Å². The Morgan fingerprint density at radius 1 is 1.50 bits per heavy atom. The molecule has 0 radical (unpaired) electrons. The summed E-state index contributed by atoms with van der Waals surface area (Å²) in [6.45, 7) is 1.91. The summed E-state index contributed by atoms with van der Waals surface area (Å²) in [5, 5.41) is 19.8. The standard InChI is InChI=1S/C12H12N4O4/c1-2-20-11-8(4-3-5-9(11)16(18)19)12(17)14-10-6-7-13-15-10/h3-7H,2H2,1H3,(H2,13,14,15,17). The van der Waals surface area contributed by atoms with Crippen LogP contribution < -0.4 is 10.1 Å². The number of anilines is 1. The molecule has 2 N–H and O–H groups in total. The number of benzene rings is 1. The molecule has 2 aromatic rings. The van der Waals surface area contributed by atoms with Gasteiger partial charge in [-0.05, 0) is 13.0 Å². The predicted molar refractivity (Wildman–Crippen MR) is 70.8 cm³/mol. The van der Waals surface area contributed by atoms with Gasteiger partial charge in [-0.3, -0.25) is 20.0 Å². The van der Waals surface area contributed by atoms with E-state index in [2.05, 4.69) is 15.5 Å². The Bertz CT molecular complexity index is 624. The molecule has 1 aromatic carbocycles. The van der Waals surface area contributed by atoms with E-state index in [0.717, 1.165) is 0 Å². The number of carbonyl (C=O) groups excluding carboxylic acids is 1. The van der Waals surface area contributed by atoms with E-state index in [1.165, 1.54) is 24.4 Å². The second kappa shape index (κ2) is 5.83. The Morgan fingerprint density at radius 2 is 2.30 bits per heavy atom. The topological polar surface area (TPSA) is 110 Å². The van der Waals surface area contributed by atoms with E-state index in [9.17, 15) is 14.9 Å². The molecule has 0 unspecified atom stereocenters. The highest BCUT2D eigenvalue weighted by molar-refractivity contribution is 6.06. The number of aromatic nitrogens is 2. The van der Waals surface area contributed by atoms with Gasteiger partial charge in [0.05, 0.1) is 23.3 Å². The smallest absolute Gasteiger partial charge is 0.311 e. The van der Waals surface area contributed by atoms with Crippen LogP contribution in [0.25, 0.3) is 0 Å². The lowest BCUT2D eigenvalue weighted by Gasteiger charge is -2.09. The molecule has 104 valence electrons. The lowest BCUT2D eigenvalue weighted by atomic mass is 10.1. The lowest BCUT2D eigenvalue weighted by Crippen LogP contribution is -2.14. The largest absolute Gasteiger partial charge is 0.487 e. The molecule has 0 atom stereocenters. The summed E-state index contributed by atoms with van der Waals surface area (Å²) >= 11 is 0. The van der Waals surface area contributed by atoms with Gasteiger partial charge in [0.2, 0.25) is 5.75 Å². The normalized spacial score (nSPS) is 10.1. The van der Waals surface area contributed by atoms with Crippen LogP contribution in [0.3, 0.4) is 0 Å². The highest BCUT2D eigenvalue weighted by Gasteiger charge is 2.23. The minimum absolute atomic E-state index is 0.0444. The lowest BCUT2D eigenvalue weighted by molar-refractivity contribution is -0.385. The molecule has 0 spiro atoms. The molecule has 8 nitrogen and oxygen atoms in total. The first-order valence-corrected chi connectivity index (χ1v) is 5.84. The number of nitrogens with one attached hydrogen (secondary N) is 2. The third kappa shape index (κ3) is 2.74. The summed E-state index contributed by atoms with van der Waals surface area (Å²) in [5.41, 5.74) is -0.153. The number of nitrogens with zero attached hydrogens (tertiary/aromatic N) is 2. The molecule has 20 heavy (non-hydrogen) atoms. The second-order valence-corrected chi connectivity index (χ2v) is 3.77. The fourth-order valence-electron chi connectivity index (χ4n) is 1.66. The maximum absolute atomic E-state index is 12.1. The van der Waals surface area contributed by atoms with Gasteiger partial charge in [-0.25, -0.2) is 0 Å². The number of amides is 1. The number of nitro benzene ring substituents is 1. The van der Waals surface area contributed by atoms with Crippen LogP contribution in [0.15, 0.2) is 30.5 Å². The molecular weight excluding hydrogens is 264 g/mol. The first-order valence-electron chi connectivity index (χ1n) is 5.84. The SMILES string of the molecule is CCOc1c(C(=O)Nc2ccn[nH]2)cccc1[N+](=O)[O-]. The molecular formula is C12H12N4O4. The van der Waals surface area contributed by atoms with E-state index in [1.807, 2.05) is 0 Å². The number of aromatic amines is 1. The van der Waals surface area contributed by atoms with Crippen LogP contribution in [0, 0.1) is 10.1 Å². The van der Waals surface area contributed by atoms with Crippen LogP contribution in [-0.4, -0.2) is 27.6 Å². The molecule has 0 aliphatic rings. The molecule has 1 heterocycles. The van der Waals surface area contributed by atoms with Crippen molar-refractivity contribution in [1.82, 2.24) is 10.2 Å². The molecule has 1 aromatic heterocycles. The van der Waals surface area contributed by atoms with Gasteiger partial charge in [0, 0.05) is 12.1 Å². The molecule has 8 heteroatoms. The number of rotatable bonds is 5. The molecule has 0 saturated carbocycles. The van der Waals surface area contributed by atoms with Crippen LogP contribution in [-0.2, 0) is 0 Å². The van der Waals surface area contributed by atoms with Crippen LogP contribution in [0.5, 0.6) is 5.75 Å². The Morgan fingerprint density at radius 3 is 2.90 bits per heavy atom. The summed E-state index contributed by atoms with van der Waals surface area (Å²) in [6.07, 6.45) is 1.48. The molecule has 0 fully saturated rings. The van der Waals surface area contributed by atoms with Gasteiger partial charge < -0.3 is 10.1 Å². The molecule has 1 amide bonds. The fourth-order valence-corrected chi connectivity index (χ4v) is 1.66. The van der Waals surface area contributed by atoms with Crippen molar-refractivity contribution in [1.29, 1.82) is 0 Å². The monoisotopic (exact) mass is 276 g/mol. The summed E-state index contributed by atoms with van der Waals surface area (Å²) in [6, 6.07) is 5.75. The molecule has 0 bridgehead atoms. The minimum Gasteiger partial charge on any atom is -0.487 e. The number of para-hydroxylation sites is 1. The Labute approximate surface area is 113 Å². The summed E-state index contributed by atoms with van der Waals surface area (Å²) in [5.74, 6) is -0.164. The van der Waals surface area contributed by atoms with E-state index < -0.39 is 10.8 Å². The maximum atomic E-state index is 12.1. The van der Waals surface area contributed by atoms with Crippen molar-refractivity contribution in [3.8, 4) is 5.75 Å². The average Bonchev–Trinajstić information content (AvgIpc) is 2.91. The number of hydrogen-bond donors (Lipinski definition) is 2. The maximum Gasteiger partial charge on any atom is 0.311 e. The molecule has 2 rings (SSSR count). The molecule has 0 saturated heterocycles. The number of H-pyrrole nitrogens is 1. The van der Waals surface area contributed by atoms with Crippen molar-refractivity contribution in [3.05, 3.63) is 46.1 Å². The van der Waals surface area contributed by atoms with Crippen molar-refractivity contribution in [2.75, 3.05) is 11.9 Å². The Balaban J connectivity index is 2.37. The summed E-state index contributed by atoms with van der Waals surface area (Å²) in [7, 11) is 0. The molecule has 0 aliphatic carbocycles. The van der Waals surface area contributed by atoms with Crippen molar-refractivity contribution < 1.29 is 14.5 Å². The summed E-state index contributed by atoms with van der Waals surface area (Å²) < 4.78 is 5.24. The number of nitro groups is 1. The number of carbonyl (C=O) groups is 1. The van der Waals surface area contributed by atoms with Crippen LogP contribution in [0.2, 0.25) is 0 Å². The quantitative estimate of drug-likeness (QED) is 0.640. The van der Waals surface area contributed by atoms with Crippen LogP contribution >= 0.6 is 0 Å². The zero-order valence-electron chi connectivity index (χ0n) is 10.6. The van der Waals surface area contributed by atoms with Gasteiger partial charge in [0.25, 0.3) is 5.91 Å². The third-order valence-electron chi connectivity index (χ3n) is 2.47. The van der Waals surface area contributed by atoms with Crippen LogP contribution in [0.1, 0.15) is 17.3 Å². The minimum atomic E-state index is -0.585. The Hall–Kier alpha value is -2.90. The predicted octanol–water partition coefficient (Wildman–Crippen LogP) is 1.97. The van der Waals surface area contributed by atoms with E-state index in [1.54, 1.807) is 13.0 Å².